The lowest BCUT2D eigenvalue weighted by molar-refractivity contribution is -0.144. The number of rotatable bonds is 7. The van der Waals surface area contributed by atoms with Crippen molar-refractivity contribution in [3.05, 3.63) is 24.3 Å². The smallest absolute Gasteiger partial charge is 0.324 e. The van der Waals surface area contributed by atoms with Gasteiger partial charge in [-0.2, -0.15) is 5.90 Å². The van der Waals surface area contributed by atoms with Crippen LogP contribution in [-0.4, -0.2) is 28.4 Å². The van der Waals surface area contributed by atoms with E-state index < -0.39 is 18.2 Å². The molecule has 0 aliphatic rings. The highest BCUT2D eigenvalue weighted by molar-refractivity contribution is 5.68. The number of hydrogen-bond acceptors (Lipinski definition) is 5. The number of carbonyl (C=O) groups excluding carboxylic acids is 1. The van der Waals surface area contributed by atoms with Crippen LogP contribution < -0.4 is 5.90 Å². The van der Waals surface area contributed by atoms with Crippen LogP contribution in [-0.2, 0) is 9.63 Å². The van der Waals surface area contributed by atoms with Gasteiger partial charge in [0.25, 0.3) is 0 Å². The van der Waals surface area contributed by atoms with Crippen molar-refractivity contribution < 1.29 is 19.8 Å². The molecule has 0 radical (unpaired) electrons. The molecule has 0 aromatic rings. The molecule has 0 heterocycles. The minimum Gasteiger partial charge on any atom is -0.388 e. The number of nitrogens with two attached hydrogens (primary N) is 1. The van der Waals surface area contributed by atoms with Crippen LogP contribution in [0.2, 0.25) is 0 Å². The maximum absolute atomic E-state index is 10.8. The first kappa shape index (κ1) is 20.9. The van der Waals surface area contributed by atoms with Gasteiger partial charge in [-0.25, -0.2) is 0 Å². The minimum absolute atomic E-state index is 0.158. The van der Waals surface area contributed by atoms with E-state index in [1.807, 2.05) is 13.8 Å². The number of aliphatic hydroxyl groups excluding tert-OH is 2. The molecule has 0 saturated carbocycles. The molecule has 23 heavy (non-hydrogen) atoms. The zero-order valence-electron chi connectivity index (χ0n) is 13.7. The summed E-state index contributed by atoms with van der Waals surface area (Å²) in [5, 5.41) is 19.2. The molecule has 2 unspecified atom stereocenters. The summed E-state index contributed by atoms with van der Waals surface area (Å²) >= 11 is 0. The zero-order valence-corrected chi connectivity index (χ0v) is 13.7. The van der Waals surface area contributed by atoms with Gasteiger partial charge in [-0.15, -0.1) is 5.92 Å². The summed E-state index contributed by atoms with van der Waals surface area (Å²) in [5.41, 5.74) is 0. The average molecular weight is 319 g/mol. The molecule has 5 nitrogen and oxygen atoms in total. The quantitative estimate of drug-likeness (QED) is 0.375. The summed E-state index contributed by atoms with van der Waals surface area (Å²) in [6.07, 6.45) is 6.53. The largest absolute Gasteiger partial charge is 0.388 e. The van der Waals surface area contributed by atoms with Gasteiger partial charge in [-0.05, 0) is 18.9 Å². The summed E-state index contributed by atoms with van der Waals surface area (Å²) < 4.78 is 0. The summed E-state index contributed by atoms with van der Waals surface area (Å²) in [5.74, 6) is 15.7. The van der Waals surface area contributed by atoms with E-state index in [0.717, 1.165) is 0 Å². The summed E-state index contributed by atoms with van der Waals surface area (Å²) in [4.78, 5) is 14.8. The predicted octanol–water partition coefficient (Wildman–Crippen LogP) is 1.46. The molecule has 0 amide bonds. The Bertz CT molecular complexity index is 515. The standard InChI is InChI=1S/C18H25NO4/c1-15(2)9-7-12-16(20)10-5-3-4-6-11-17(21)13-8-14-18(22)23-19/h3-5,10,15-17,20-21H,8,12-14,19H2,1-2H3. The van der Waals surface area contributed by atoms with Crippen LogP contribution in [0.3, 0.4) is 0 Å². The molecule has 0 saturated heterocycles. The van der Waals surface area contributed by atoms with Crippen molar-refractivity contribution in [1.29, 1.82) is 0 Å². The summed E-state index contributed by atoms with van der Waals surface area (Å²) in [7, 11) is 0. The molecule has 0 rings (SSSR count). The Hall–Kier alpha value is -2.05. The van der Waals surface area contributed by atoms with Gasteiger partial charge in [0.05, 0.1) is 6.10 Å². The Morgan fingerprint density at radius 3 is 2.65 bits per heavy atom. The van der Waals surface area contributed by atoms with Gasteiger partial charge in [-0.1, -0.05) is 49.8 Å². The van der Waals surface area contributed by atoms with E-state index in [-0.39, 0.29) is 6.42 Å². The topological polar surface area (TPSA) is 92.8 Å². The number of allylic oxidation sites excluding steroid dienone is 3. The normalized spacial score (nSPS) is 13.3. The predicted molar refractivity (Wildman–Crippen MR) is 89.4 cm³/mol. The molecule has 5 heteroatoms. The van der Waals surface area contributed by atoms with Crippen LogP contribution >= 0.6 is 0 Å². The fourth-order valence-electron chi connectivity index (χ4n) is 1.45. The van der Waals surface area contributed by atoms with Crippen LogP contribution in [0.25, 0.3) is 0 Å². The first-order valence-corrected chi connectivity index (χ1v) is 7.54. The van der Waals surface area contributed by atoms with Crippen molar-refractivity contribution in [2.45, 2.75) is 51.7 Å². The SMILES string of the molecule is CC(C)C#CCC(O)C=CC=CC#CC(O)CCCC(=O)ON. The first-order chi connectivity index (χ1) is 11.0. The van der Waals surface area contributed by atoms with E-state index in [4.69, 9.17) is 5.90 Å². The van der Waals surface area contributed by atoms with Crippen molar-refractivity contribution in [1.82, 2.24) is 0 Å². The van der Waals surface area contributed by atoms with Crippen molar-refractivity contribution in [2.24, 2.45) is 11.8 Å². The molecule has 0 spiro atoms. The molecule has 0 aromatic carbocycles. The monoisotopic (exact) mass is 319 g/mol. The first-order valence-electron chi connectivity index (χ1n) is 7.54. The van der Waals surface area contributed by atoms with Gasteiger partial charge in [-0.3, -0.25) is 4.79 Å². The van der Waals surface area contributed by atoms with Crippen molar-refractivity contribution >= 4 is 5.97 Å². The number of hydrogen-bond donors (Lipinski definition) is 3. The third-order valence-corrected chi connectivity index (χ3v) is 2.57. The molecular formula is C18H25NO4. The highest BCUT2D eigenvalue weighted by atomic mass is 16.7. The van der Waals surface area contributed by atoms with Crippen LogP contribution in [0, 0.1) is 29.6 Å². The highest BCUT2D eigenvalue weighted by Gasteiger charge is 2.03. The molecule has 4 N–H and O–H groups in total. The summed E-state index contributed by atoms with van der Waals surface area (Å²) in [6, 6.07) is 0. The van der Waals surface area contributed by atoms with Gasteiger partial charge in [0, 0.05) is 18.8 Å². The Kier molecular flexibility index (Phi) is 12.4. The lowest BCUT2D eigenvalue weighted by Gasteiger charge is -2.01. The molecule has 126 valence electrons. The van der Waals surface area contributed by atoms with E-state index >= 15 is 0 Å². The van der Waals surface area contributed by atoms with E-state index in [0.29, 0.717) is 25.2 Å². The van der Waals surface area contributed by atoms with Crippen LogP contribution in [0.5, 0.6) is 0 Å². The lowest BCUT2D eigenvalue weighted by atomic mass is 10.1. The zero-order chi connectivity index (χ0) is 17.5. The Labute approximate surface area is 138 Å². The van der Waals surface area contributed by atoms with Gasteiger partial charge < -0.3 is 15.1 Å². The maximum atomic E-state index is 10.8. The minimum atomic E-state index is -0.800. The third kappa shape index (κ3) is 14.6. The van der Waals surface area contributed by atoms with Crippen molar-refractivity contribution in [3.63, 3.8) is 0 Å². The van der Waals surface area contributed by atoms with Crippen LogP contribution in [0.1, 0.15) is 39.5 Å². The third-order valence-electron chi connectivity index (χ3n) is 2.57. The molecule has 0 aliphatic carbocycles. The van der Waals surface area contributed by atoms with Gasteiger partial charge in [0.15, 0.2) is 0 Å². The second-order valence-corrected chi connectivity index (χ2v) is 5.18. The molecule has 0 fully saturated rings. The van der Waals surface area contributed by atoms with Crippen molar-refractivity contribution in [3.8, 4) is 23.7 Å². The molecule has 0 bridgehead atoms. The Balaban J connectivity index is 3.99. The fraction of sp³-hybridized carbons (Fsp3) is 0.500. The number of aliphatic hydroxyl groups is 2. The van der Waals surface area contributed by atoms with E-state index in [1.165, 1.54) is 0 Å². The van der Waals surface area contributed by atoms with Crippen LogP contribution in [0.4, 0.5) is 0 Å². The maximum Gasteiger partial charge on any atom is 0.324 e. The van der Waals surface area contributed by atoms with Crippen LogP contribution in [0.15, 0.2) is 24.3 Å². The summed E-state index contributed by atoms with van der Waals surface area (Å²) in [6.45, 7) is 3.99. The average Bonchev–Trinajstić information content (AvgIpc) is 2.50. The molecule has 2 atom stereocenters. The molecular weight excluding hydrogens is 294 g/mol. The fourth-order valence-corrected chi connectivity index (χ4v) is 1.45. The van der Waals surface area contributed by atoms with Gasteiger partial charge >= 0.3 is 5.97 Å². The van der Waals surface area contributed by atoms with E-state index in [2.05, 4.69) is 28.5 Å². The Morgan fingerprint density at radius 2 is 2.00 bits per heavy atom. The van der Waals surface area contributed by atoms with E-state index in [9.17, 15) is 15.0 Å². The Morgan fingerprint density at radius 1 is 1.26 bits per heavy atom. The second kappa shape index (κ2) is 13.6. The molecule has 0 aliphatic heterocycles. The lowest BCUT2D eigenvalue weighted by Crippen LogP contribution is -2.11. The van der Waals surface area contributed by atoms with Gasteiger partial charge in [0.1, 0.15) is 6.10 Å². The highest BCUT2D eigenvalue weighted by Crippen LogP contribution is 2.00. The number of carbonyl (C=O) groups is 1. The van der Waals surface area contributed by atoms with Crippen molar-refractivity contribution in [2.75, 3.05) is 0 Å². The molecule has 0 aromatic heterocycles. The van der Waals surface area contributed by atoms with E-state index in [1.54, 1.807) is 24.3 Å². The van der Waals surface area contributed by atoms with Gasteiger partial charge in [0.2, 0.25) is 0 Å². The second-order valence-electron chi connectivity index (χ2n) is 5.18.